The van der Waals surface area contributed by atoms with E-state index in [1.807, 2.05) is 6.08 Å². The first kappa shape index (κ1) is 19.4. The van der Waals surface area contributed by atoms with Crippen LogP contribution in [0.25, 0.3) is 0 Å². The number of hydrogen-bond acceptors (Lipinski definition) is 5. The predicted octanol–water partition coefficient (Wildman–Crippen LogP) is 2.45. The summed E-state index contributed by atoms with van der Waals surface area (Å²) in [7, 11) is 0. The quantitative estimate of drug-likeness (QED) is 0.784. The number of amides is 2. The molecule has 8 nitrogen and oxygen atoms in total. The zero-order valence-electron chi connectivity index (χ0n) is 16.4. The number of aromatic nitrogens is 3. The molecule has 2 aromatic rings. The maximum atomic E-state index is 14.0. The normalized spacial score (nSPS) is 22.0. The van der Waals surface area contributed by atoms with Crippen LogP contribution >= 0.6 is 0 Å². The monoisotopic (exact) mass is 427 g/mol. The Morgan fingerprint density at radius 2 is 2.19 bits per heavy atom. The zero-order chi connectivity index (χ0) is 21.5. The van der Waals surface area contributed by atoms with Gasteiger partial charge in [0, 0.05) is 24.6 Å². The highest BCUT2D eigenvalue weighted by Crippen LogP contribution is 2.36. The number of nitrogens with one attached hydrogen (secondary N) is 2. The average Bonchev–Trinajstić information content (AvgIpc) is 3.30. The summed E-state index contributed by atoms with van der Waals surface area (Å²) in [6.45, 7) is 0.372. The standard InChI is InChI=1S/C21H19F2N5O3/c22-12-8-14(23)17-16(9-12)31-10-15(20(29)25-17)24-21(30)18-26-19-13(6-7-28(19)27-18)11-4-2-1-3-5-11/h1-2,4,8-9,13,15H,3,5-7,10H2,(H,24,30)(H,25,29)/t13?,15-/m0/s1. The number of halogens is 2. The Labute approximate surface area is 176 Å². The van der Waals surface area contributed by atoms with E-state index in [-0.39, 0.29) is 29.8 Å². The first-order valence-electron chi connectivity index (χ1n) is 10.0. The number of anilines is 1. The molecule has 2 aliphatic heterocycles. The van der Waals surface area contributed by atoms with Gasteiger partial charge in [0.1, 0.15) is 35.7 Å². The van der Waals surface area contributed by atoms with Crippen molar-refractivity contribution in [2.24, 2.45) is 0 Å². The molecular formula is C21H19F2N5O3. The first-order valence-corrected chi connectivity index (χ1v) is 10.0. The fraction of sp³-hybridized carbons (Fsp3) is 0.333. The SMILES string of the molecule is O=C(N[C@H]1COc2cc(F)cc(F)c2NC1=O)c1nc2n(n1)CCC2C1=CC=CCC1. The van der Waals surface area contributed by atoms with Crippen molar-refractivity contribution in [3.05, 3.63) is 59.2 Å². The average molecular weight is 427 g/mol. The highest BCUT2D eigenvalue weighted by molar-refractivity contribution is 6.01. The molecule has 0 saturated heterocycles. The van der Waals surface area contributed by atoms with Crippen LogP contribution in [-0.4, -0.2) is 39.2 Å². The number of rotatable bonds is 3. The molecule has 1 aliphatic carbocycles. The summed E-state index contributed by atoms with van der Waals surface area (Å²) in [5.74, 6) is -2.43. The molecule has 31 heavy (non-hydrogen) atoms. The molecule has 2 atom stereocenters. The summed E-state index contributed by atoms with van der Waals surface area (Å²) in [6, 6.07) is 0.494. The summed E-state index contributed by atoms with van der Waals surface area (Å²) in [5.41, 5.74) is 1.00. The van der Waals surface area contributed by atoms with Gasteiger partial charge < -0.3 is 15.4 Å². The number of hydrogen-bond donors (Lipinski definition) is 2. The van der Waals surface area contributed by atoms with Crippen molar-refractivity contribution < 1.29 is 23.1 Å². The van der Waals surface area contributed by atoms with E-state index in [1.54, 1.807) is 4.68 Å². The van der Waals surface area contributed by atoms with Crippen molar-refractivity contribution in [2.45, 2.75) is 37.8 Å². The van der Waals surface area contributed by atoms with E-state index >= 15 is 0 Å². The molecular weight excluding hydrogens is 408 g/mol. The molecule has 10 heteroatoms. The van der Waals surface area contributed by atoms with Gasteiger partial charge >= 0.3 is 0 Å². The maximum Gasteiger partial charge on any atom is 0.291 e. The van der Waals surface area contributed by atoms with Gasteiger partial charge in [-0.15, -0.1) is 5.10 Å². The van der Waals surface area contributed by atoms with Crippen molar-refractivity contribution in [1.29, 1.82) is 0 Å². The number of aryl methyl sites for hydroxylation is 1. The second kappa shape index (κ2) is 7.60. The summed E-state index contributed by atoms with van der Waals surface area (Å²) >= 11 is 0. The van der Waals surface area contributed by atoms with Crippen LogP contribution in [0.1, 0.15) is 41.6 Å². The second-order valence-electron chi connectivity index (χ2n) is 7.65. The third kappa shape index (κ3) is 3.58. The van der Waals surface area contributed by atoms with Crippen LogP contribution in [0.5, 0.6) is 5.75 Å². The lowest BCUT2D eigenvalue weighted by Gasteiger charge is -2.15. The Morgan fingerprint density at radius 3 is 3.00 bits per heavy atom. The minimum Gasteiger partial charge on any atom is -0.488 e. The minimum atomic E-state index is -1.12. The molecule has 0 spiro atoms. The second-order valence-corrected chi connectivity index (χ2v) is 7.65. The Bertz CT molecular complexity index is 1140. The van der Waals surface area contributed by atoms with Gasteiger partial charge in [-0.05, 0) is 19.3 Å². The number of carbonyl (C=O) groups is 2. The lowest BCUT2D eigenvalue weighted by Crippen LogP contribution is -2.46. The fourth-order valence-corrected chi connectivity index (χ4v) is 4.09. The van der Waals surface area contributed by atoms with Crippen LogP contribution < -0.4 is 15.4 Å². The number of benzene rings is 1. The Morgan fingerprint density at radius 1 is 1.32 bits per heavy atom. The fourth-order valence-electron chi connectivity index (χ4n) is 4.09. The van der Waals surface area contributed by atoms with Crippen molar-refractivity contribution in [2.75, 3.05) is 11.9 Å². The van der Waals surface area contributed by atoms with Crippen molar-refractivity contribution in [3.8, 4) is 5.75 Å². The molecule has 3 heterocycles. The van der Waals surface area contributed by atoms with E-state index in [2.05, 4.69) is 32.9 Å². The van der Waals surface area contributed by atoms with Crippen molar-refractivity contribution in [1.82, 2.24) is 20.1 Å². The smallest absolute Gasteiger partial charge is 0.291 e. The van der Waals surface area contributed by atoms with E-state index in [0.29, 0.717) is 12.6 Å². The molecule has 160 valence electrons. The molecule has 0 fully saturated rings. The highest BCUT2D eigenvalue weighted by atomic mass is 19.1. The van der Waals surface area contributed by atoms with Crippen molar-refractivity contribution in [3.63, 3.8) is 0 Å². The third-order valence-electron chi connectivity index (χ3n) is 5.63. The van der Waals surface area contributed by atoms with E-state index in [0.717, 1.165) is 31.2 Å². The largest absolute Gasteiger partial charge is 0.488 e. The van der Waals surface area contributed by atoms with Gasteiger partial charge in [0.25, 0.3) is 11.8 Å². The molecule has 1 aromatic heterocycles. The minimum absolute atomic E-state index is 0.0431. The van der Waals surface area contributed by atoms with E-state index < -0.39 is 29.5 Å². The summed E-state index contributed by atoms with van der Waals surface area (Å²) in [4.78, 5) is 29.6. The molecule has 1 aromatic carbocycles. The van der Waals surface area contributed by atoms with Gasteiger partial charge in [0.2, 0.25) is 5.82 Å². The van der Waals surface area contributed by atoms with Crippen LogP contribution in [0.15, 0.2) is 35.9 Å². The first-order chi connectivity index (χ1) is 15.0. The Balaban J connectivity index is 1.31. The van der Waals surface area contributed by atoms with Gasteiger partial charge in [0.15, 0.2) is 5.82 Å². The van der Waals surface area contributed by atoms with E-state index in [4.69, 9.17) is 4.74 Å². The number of ether oxygens (including phenoxy) is 1. The van der Waals surface area contributed by atoms with Gasteiger partial charge in [-0.2, -0.15) is 0 Å². The number of allylic oxidation sites excluding steroid dienone is 4. The van der Waals surface area contributed by atoms with Crippen molar-refractivity contribution >= 4 is 17.5 Å². The maximum absolute atomic E-state index is 14.0. The third-order valence-corrected chi connectivity index (χ3v) is 5.63. The lowest BCUT2D eigenvalue weighted by atomic mass is 9.90. The van der Waals surface area contributed by atoms with Gasteiger partial charge in [0.05, 0.1) is 0 Å². The molecule has 5 rings (SSSR count). The van der Waals surface area contributed by atoms with Gasteiger partial charge in [-0.3, -0.25) is 9.59 Å². The number of nitrogens with zero attached hydrogens (tertiary/aromatic N) is 3. The van der Waals surface area contributed by atoms with Crippen LogP contribution in [-0.2, 0) is 11.3 Å². The Hall–Kier alpha value is -3.56. The molecule has 2 N–H and O–H groups in total. The van der Waals surface area contributed by atoms with Crippen LogP contribution in [0.2, 0.25) is 0 Å². The molecule has 2 amide bonds. The van der Waals surface area contributed by atoms with Crippen LogP contribution in [0.3, 0.4) is 0 Å². The van der Waals surface area contributed by atoms with E-state index in [9.17, 15) is 18.4 Å². The molecule has 0 radical (unpaired) electrons. The molecule has 0 saturated carbocycles. The van der Waals surface area contributed by atoms with Crippen LogP contribution in [0, 0.1) is 11.6 Å². The summed E-state index contributed by atoms with van der Waals surface area (Å²) in [5, 5.41) is 9.14. The van der Waals surface area contributed by atoms with Crippen LogP contribution in [0.4, 0.5) is 14.5 Å². The van der Waals surface area contributed by atoms with Gasteiger partial charge in [-0.25, -0.2) is 18.4 Å². The van der Waals surface area contributed by atoms with E-state index in [1.165, 1.54) is 5.57 Å². The summed E-state index contributed by atoms with van der Waals surface area (Å²) in [6.07, 6.45) is 9.05. The number of fused-ring (bicyclic) bond motifs is 2. The lowest BCUT2D eigenvalue weighted by molar-refractivity contribution is -0.118. The number of carbonyl (C=O) groups excluding carboxylic acids is 2. The molecule has 1 unspecified atom stereocenters. The van der Waals surface area contributed by atoms with Gasteiger partial charge in [-0.1, -0.05) is 23.8 Å². The topological polar surface area (TPSA) is 98.1 Å². The summed E-state index contributed by atoms with van der Waals surface area (Å²) < 4.78 is 34.5. The molecule has 3 aliphatic rings. The Kier molecular flexibility index (Phi) is 4.76. The highest BCUT2D eigenvalue weighted by Gasteiger charge is 2.33. The zero-order valence-corrected chi connectivity index (χ0v) is 16.4. The molecule has 0 bridgehead atoms. The predicted molar refractivity (Wildman–Crippen MR) is 106 cm³/mol.